The number of aromatic nitrogens is 2. The number of aromatic carboxylic acids is 1. The number of ether oxygens (including phenoxy) is 1. The van der Waals surface area contributed by atoms with Gasteiger partial charge in [-0.05, 0) is 56.6 Å². The summed E-state index contributed by atoms with van der Waals surface area (Å²) >= 11 is 0. The molecule has 0 radical (unpaired) electrons. The van der Waals surface area contributed by atoms with Crippen LogP contribution in [0.3, 0.4) is 0 Å². The molecule has 0 aliphatic carbocycles. The second kappa shape index (κ2) is 10.6. The highest BCUT2D eigenvalue weighted by molar-refractivity contribution is 7.83. The molecule has 0 bridgehead atoms. The number of nitrogens with one attached hydrogen (secondary N) is 2. The quantitative estimate of drug-likeness (QED) is 0.445. The molecule has 1 heterocycles. The molecular weight excluding hydrogens is 460 g/mol. The Morgan fingerprint density at radius 1 is 1.24 bits per heavy atom. The predicted molar refractivity (Wildman–Crippen MR) is 128 cm³/mol. The number of carbonyl (C=O) groups is 2. The van der Waals surface area contributed by atoms with Gasteiger partial charge in [0.2, 0.25) is 0 Å². The van der Waals surface area contributed by atoms with E-state index in [2.05, 4.69) is 15.0 Å². The van der Waals surface area contributed by atoms with Gasteiger partial charge in [0, 0.05) is 6.54 Å². The molecule has 0 saturated heterocycles. The van der Waals surface area contributed by atoms with Crippen LogP contribution >= 0.6 is 0 Å². The molecule has 1 unspecified atom stereocenters. The third-order valence-electron chi connectivity index (χ3n) is 5.24. The summed E-state index contributed by atoms with van der Waals surface area (Å²) in [5.41, 5.74) is 0.742. The monoisotopic (exact) mass is 486 g/mol. The van der Waals surface area contributed by atoms with Crippen molar-refractivity contribution in [1.82, 2.24) is 19.6 Å². The number of carboxylic acids is 1. The van der Waals surface area contributed by atoms with E-state index in [9.17, 15) is 23.7 Å². The maximum Gasteiger partial charge on any atom is 0.407 e. The first-order valence-corrected chi connectivity index (χ1v) is 11.7. The zero-order chi connectivity index (χ0) is 25.0. The number of benzene rings is 2. The summed E-state index contributed by atoms with van der Waals surface area (Å²) in [6.07, 6.45) is 0.0604. The average Bonchev–Trinajstić information content (AvgIpc) is 2.80. The lowest BCUT2D eigenvalue weighted by atomic mass is 9.98. The van der Waals surface area contributed by atoms with E-state index >= 15 is 0 Å². The highest BCUT2D eigenvalue weighted by Crippen LogP contribution is 2.25. The van der Waals surface area contributed by atoms with Crippen LogP contribution in [0.15, 0.2) is 40.0 Å². The fourth-order valence-corrected chi connectivity index (χ4v) is 4.50. The molecule has 3 aromatic rings. The van der Waals surface area contributed by atoms with Crippen molar-refractivity contribution < 1.29 is 23.6 Å². The fourth-order valence-electron chi connectivity index (χ4n) is 3.73. The van der Waals surface area contributed by atoms with Gasteiger partial charge in [0.05, 0.1) is 27.0 Å². The van der Waals surface area contributed by atoms with Crippen LogP contribution in [0.25, 0.3) is 16.6 Å². The molecule has 0 saturated carbocycles. The number of aryl methyl sites for hydroxylation is 2. The Bertz CT molecular complexity index is 1350. The summed E-state index contributed by atoms with van der Waals surface area (Å²) in [7, 11) is -0.126. The standard InChI is InChI=1S/C23H26N4O6S/c1-5-10-25-23(31)33-12-18-26-15-11-13(2)19(22(29)30)14(3)20(15)21(28)27(18)16-8-6-7-9-17(16)34(32)24-4/h6-9,11,24H,5,10,12H2,1-4H3,(H,25,31)(H,29,30). The Labute approximate surface area is 198 Å². The summed E-state index contributed by atoms with van der Waals surface area (Å²) in [4.78, 5) is 42.5. The van der Waals surface area contributed by atoms with Crippen molar-refractivity contribution in [1.29, 1.82) is 0 Å². The second-order valence-electron chi connectivity index (χ2n) is 7.50. The number of fused-ring (bicyclic) bond motifs is 1. The summed E-state index contributed by atoms with van der Waals surface area (Å²) in [6.45, 7) is 5.18. The maximum atomic E-state index is 13.8. The molecule has 34 heavy (non-hydrogen) atoms. The number of amides is 1. The van der Waals surface area contributed by atoms with Crippen LogP contribution in [-0.2, 0) is 22.3 Å². The van der Waals surface area contributed by atoms with Crippen molar-refractivity contribution in [3.63, 3.8) is 0 Å². The molecule has 1 atom stereocenters. The van der Waals surface area contributed by atoms with Gasteiger partial charge in [-0.15, -0.1) is 0 Å². The normalized spacial score (nSPS) is 11.9. The van der Waals surface area contributed by atoms with Crippen LogP contribution in [0, 0.1) is 13.8 Å². The summed E-state index contributed by atoms with van der Waals surface area (Å²) < 4.78 is 21.8. The van der Waals surface area contributed by atoms with E-state index in [1.54, 1.807) is 38.1 Å². The first-order chi connectivity index (χ1) is 16.2. The van der Waals surface area contributed by atoms with Gasteiger partial charge >= 0.3 is 12.1 Å². The Kier molecular flexibility index (Phi) is 7.79. The SMILES string of the molecule is CCCNC(=O)OCc1nc2cc(C)c(C(=O)O)c(C)c2c(=O)n1-c1ccccc1S(=O)NC. The van der Waals surface area contributed by atoms with Gasteiger partial charge in [-0.25, -0.2) is 23.5 Å². The van der Waals surface area contributed by atoms with Gasteiger partial charge < -0.3 is 15.2 Å². The third-order valence-corrected chi connectivity index (χ3v) is 6.35. The van der Waals surface area contributed by atoms with Crippen molar-refractivity contribution in [2.45, 2.75) is 38.7 Å². The van der Waals surface area contributed by atoms with E-state index in [-0.39, 0.29) is 40.1 Å². The van der Waals surface area contributed by atoms with E-state index in [1.807, 2.05) is 6.92 Å². The van der Waals surface area contributed by atoms with Crippen molar-refractivity contribution in [2.75, 3.05) is 13.6 Å². The largest absolute Gasteiger partial charge is 0.478 e. The van der Waals surface area contributed by atoms with Crippen molar-refractivity contribution in [3.8, 4) is 5.69 Å². The highest BCUT2D eigenvalue weighted by atomic mass is 32.2. The van der Waals surface area contributed by atoms with Crippen molar-refractivity contribution in [2.24, 2.45) is 0 Å². The Hall–Kier alpha value is -3.57. The highest BCUT2D eigenvalue weighted by Gasteiger charge is 2.23. The minimum atomic E-state index is -1.64. The molecule has 0 spiro atoms. The van der Waals surface area contributed by atoms with E-state index in [4.69, 9.17) is 4.74 Å². The summed E-state index contributed by atoms with van der Waals surface area (Å²) in [6, 6.07) is 8.07. The van der Waals surface area contributed by atoms with E-state index < -0.39 is 28.6 Å². The van der Waals surface area contributed by atoms with Crippen molar-refractivity contribution >= 4 is 34.0 Å². The van der Waals surface area contributed by atoms with Crippen LogP contribution in [0.2, 0.25) is 0 Å². The number of hydrogen-bond acceptors (Lipinski definition) is 6. The second-order valence-corrected chi connectivity index (χ2v) is 8.89. The average molecular weight is 487 g/mol. The molecule has 3 N–H and O–H groups in total. The van der Waals surface area contributed by atoms with Crippen LogP contribution in [0.4, 0.5) is 4.79 Å². The van der Waals surface area contributed by atoms with Gasteiger partial charge in [-0.3, -0.25) is 9.36 Å². The van der Waals surface area contributed by atoms with Gasteiger partial charge in [-0.2, -0.15) is 0 Å². The predicted octanol–water partition coefficient (Wildman–Crippen LogP) is 2.58. The minimum Gasteiger partial charge on any atom is -0.478 e. The van der Waals surface area contributed by atoms with Crippen LogP contribution < -0.4 is 15.6 Å². The number of para-hydroxylation sites is 1. The third kappa shape index (κ3) is 4.85. The molecule has 3 rings (SSSR count). The van der Waals surface area contributed by atoms with Crippen LogP contribution in [0.1, 0.15) is 40.7 Å². The number of alkyl carbamates (subject to hydrolysis) is 1. The molecule has 0 aliphatic rings. The fraction of sp³-hybridized carbons (Fsp3) is 0.304. The molecule has 10 nitrogen and oxygen atoms in total. The smallest absolute Gasteiger partial charge is 0.407 e. The zero-order valence-corrected chi connectivity index (χ0v) is 20.1. The van der Waals surface area contributed by atoms with E-state index in [0.717, 1.165) is 6.42 Å². The summed E-state index contributed by atoms with van der Waals surface area (Å²) in [5, 5.41) is 12.4. The molecule has 11 heteroatoms. The number of hydrogen-bond donors (Lipinski definition) is 3. The number of carbonyl (C=O) groups excluding carboxylic acids is 1. The molecule has 1 amide bonds. The van der Waals surface area contributed by atoms with Gasteiger partial charge in [0.15, 0.2) is 12.4 Å². The number of rotatable bonds is 8. The lowest BCUT2D eigenvalue weighted by molar-refractivity contribution is 0.0695. The minimum absolute atomic E-state index is 0.0213. The molecule has 0 aliphatic heterocycles. The maximum absolute atomic E-state index is 13.8. The Balaban J connectivity index is 2.33. The lowest BCUT2D eigenvalue weighted by Gasteiger charge is -2.18. The first-order valence-electron chi connectivity index (χ1n) is 10.6. The number of nitrogens with zero attached hydrogens (tertiary/aromatic N) is 2. The summed E-state index contributed by atoms with van der Waals surface area (Å²) in [5.74, 6) is -1.05. The van der Waals surface area contributed by atoms with E-state index in [0.29, 0.717) is 17.0 Å². The Morgan fingerprint density at radius 3 is 2.59 bits per heavy atom. The molecular formula is C23H26N4O6S. The molecule has 1 aromatic heterocycles. The molecule has 180 valence electrons. The zero-order valence-electron chi connectivity index (χ0n) is 19.3. The van der Waals surface area contributed by atoms with Crippen LogP contribution in [-0.4, -0.2) is 44.5 Å². The van der Waals surface area contributed by atoms with Gasteiger partial charge in [-0.1, -0.05) is 19.1 Å². The number of carboxylic acid groups (broad SMARTS) is 1. The van der Waals surface area contributed by atoms with Crippen molar-refractivity contribution in [3.05, 3.63) is 63.2 Å². The topological polar surface area (TPSA) is 140 Å². The van der Waals surface area contributed by atoms with Gasteiger partial charge in [0.1, 0.15) is 11.0 Å². The van der Waals surface area contributed by atoms with E-state index in [1.165, 1.54) is 17.7 Å². The van der Waals surface area contributed by atoms with Crippen LogP contribution in [0.5, 0.6) is 0 Å². The Morgan fingerprint density at radius 2 is 1.94 bits per heavy atom. The first kappa shape index (κ1) is 25.1. The molecule has 0 fully saturated rings. The lowest BCUT2D eigenvalue weighted by Crippen LogP contribution is -2.29. The molecule has 2 aromatic carbocycles. The van der Waals surface area contributed by atoms with Gasteiger partial charge in [0.25, 0.3) is 5.56 Å².